The molecule has 144 valence electrons. The van der Waals surface area contributed by atoms with E-state index in [-0.39, 0.29) is 0 Å². The number of halogens is 3. The van der Waals surface area contributed by atoms with E-state index < -0.39 is 12.1 Å². The van der Waals surface area contributed by atoms with Gasteiger partial charge in [0, 0.05) is 18.8 Å². The first-order valence-electron chi connectivity index (χ1n) is 8.23. The zero-order chi connectivity index (χ0) is 19.3. The first kappa shape index (κ1) is 21.8. The van der Waals surface area contributed by atoms with Crippen LogP contribution in [0.25, 0.3) is 0 Å². The summed E-state index contributed by atoms with van der Waals surface area (Å²) >= 11 is 0. The van der Waals surface area contributed by atoms with Gasteiger partial charge >= 0.3 is 6.18 Å². The van der Waals surface area contributed by atoms with Crippen LogP contribution in [0.3, 0.4) is 0 Å². The maximum atomic E-state index is 10.5. The monoisotopic (exact) mass is 373 g/mol. The van der Waals surface area contributed by atoms with Crippen LogP contribution in [0.5, 0.6) is 5.75 Å². The quantitative estimate of drug-likeness (QED) is 0.597. The molecule has 0 bridgehead atoms. The summed E-state index contributed by atoms with van der Waals surface area (Å²) in [5.74, 6) is 4.86. The van der Waals surface area contributed by atoms with Crippen LogP contribution in [-0.4, -0.2) is 45.1 Å². The molecule has 8 heteroatoms. The maximum absolute atomic E-state index is 10.5. The number of para-hydroxylation sites is 1. The second-order valence-electron chi connectivity index (χ2n) is 5.46. The summed E-state index contributed by atoms with van der Waals surface area (Å²) in [4.78, 5) is 8.78. The highest BCUT2D eigenvalue weighted by atomic mass is 19.4. The average molecular weight is 373 g/mol. The average Bonchev–Trinajstić information content (AvgIpc) is 2.62. The van der Waals surface area contributed by atoms with E-state index in [4.69, 9.17) is 19.4 Å². The highest BCUT2D eigenvalue weighted by Gasteiger charge is 2.28. The lowest BCUT2D eigenvalue weighted by molar-refractivity contribution is -0.664. The smallest absolute Gasteiger partial charge is 0.430 e. The van der Waals surface area contributed by atoms with Gasteiger partial charge in [0.1, 0.15) is 24.9 Å². The summed E-state index contributed by atoms with van der Waals surface area (Å²) in [6.07, 6.45) is -2.77. The maximum Gasteiger partial charge on any atom is 0.430 e. The lowest BCUT2D eigenvalue weighted by Crippen LogP contribution is -2.86. The number of aliphatic carboxylic acids is 1. The van der Waals surface area contributed by atoms with Crippen molar-refractivity contribution in [3.05, 3.63) is 30.3 Å². The Balaban J connectivity index is 0.000000412. The third-order valence-corrected chi connectivity index (χ3v) is 3.39. The molecule has 1 saturated heterocycles. The topological polar surface area (TPSA) is 75.2 Å². The van der Waals surface area contributed by atoms with Crippen molar-refractivity contribution in [2.75, 3.05) is 32.9 Å². The van der Waals surface area contributed by atoms with Crippen molar-refractivity contribution >= 4 is 5.97 Å². The molecule has 0 saturated carbocycles. The summed E-state index contributed by atoms with van der Waals surface area (Å²) in [6.45, 7) is 4.10. The highest BCUT2D eigenvalue weighted by molar-refractivity contribution is 5.70. The first-order chi connectivity index (χ1) is 12.4. The van der Waals surface area contributed by atoms with E-state index in [0.717, 1.165) is 5.75 Å². The van der Waals surface area contributed by atoms with Gasteiger partial charge in [0.15, 0.2) is 0 Å². The summed E-state index contributed by atoms with van der Waals surface area (Å²) in [6, 6.07) is 9.79. The predicted octanol–water partition coefficient (Wildman–Crippen LogP) is 0.357. The fraction of sp³-hybridized carbons (Fsp3) is 0.500. The minimum absolute atomic E-state index is 0.512. The van der Waals surface area contributed by atoms with Crippen molar-refractivity contribution in [2.45, 2.75) is 19.0 Å². The fourth-order valence-corrected chi connectivity index (χ4v) is 2.12. The predicted molar refractivity (Wildman–Crippen MR) is 86.0 cm³/mol. The molecule has 1 aromatic carbocycles. The molecule has 0 radical (unpaired) electrons. The third kappa shape index (κ3) is 10.6. The number of piperidine rings is 1. The zero-order valence-corrected chi connectivity index (χ0v) is 14.3. The van der Waals surface area contributed by atoms with Crippen molar-refractivity contribution in [3.63, 3.8) is 0 Å². The van der Waals surface area contributed by atoms with Crippen LogP contribution in [0.4, 0.5) is 13.2 Å². The van der Waals surface area contributed by atoms with E-state index in [1.807, 2.05) is 30.3 Å². The lowest BCUT2D eigenvalue weighted by Gasteiger charge is -2.14. The molecule has 1 aromatic rings. The van der Waals surface area contributed by atoms with Crippen molar-refractivity contribution < 1.29 is 37.9 Å². The molecule has 5 nitrogen and oxygen atoms in total. The van der Waals surface area contributed by atoms with Gasteiger partial charge in [-0.25, -0.2) is 0 Å². The van der Waals surface area contributed by atoms with Gasteiger partial charge in [-0.3, -0.25) is 0 Å². The van der Waals surface area contributed by atoms with Crippen molar-refractivity contribution in [1.29, 1.82) is 0 Å². The summed E-state index contributed by atoms with van der Waals surface area (Å²) in [7, 11) is 0. The van der Waals surface area contributed by atoms with Gasteiger partial charge in [-0.2, -0.15) is 13.2 Å². The van der Waals surface area contributed by atoms with Gasteiger partial charge in [0.2, 0.25) is 0 Å². The van der Waals surface area contributed by atoms with Crippen molar-refractivity contribution in [2.24, 2.45) is 5.92 Å². The van der Waals surface area contributed by atoms with Crippen LogP contribution in [0.2, 0.25) is 0 Å². The minimum atomic E-state index is -5.19. The van der Waals surface area contributed by atoms with Crippen LogP contribution in [0.15, 0.2) is 30.3 Å². The number of carbonyl (C=O) groups is 1. The Kier molecular flexibility index (Phi) is 10.2. The Morgan fingerprint density at radius 3 is 2.38 bits per heavy atom. The normalized spacial score (nSPS) is 14.4. The molecule has 1 aliphatic rings. The molecular weight excluding hydrogens is 351 g/mol. The molecule has 0 amide bonds. The fourth-order valence-electron chi connectivity index (χ4n) is 2.12. The Bertz CT molecular complexity index is 576. The van der Waals surface area contributed by atoms with Gasteiger partial charge in [-0.15, -0.1) is 0 Å². The number of hydrogen-bond donors (Lipinski definition) is 1. The zero-order valence-electron chi connectivity index (χ0n) is 14.3. The molecule has 2 rings (SSSR count). The number of quaternary nitrogens is 1. The highest BCUT2D eigenvalue weighted by Crippen LogP contribution is 2.11. The van der Waals surface area contributed by atoms with E-state index in [1.54, 1.807) is 0 Å². The summed E-state index contributed by atoms with van der Waals surface area (Å²) in [5, 5.41) is 11.1. The number of carbonyl (C=O) groups excluding carboxylic acids is 1. The van der Waals surface area contributed by atoms with Crippen molar-refractivity contribution in [1.82, 2.24) is 0 Å². The largest absolute Gasteiger partial charge is 0.542 e. The number of rotatable bonds is 5. The van der Waals surface area contributed by atoms with E-state index in [9.17, 15) is 13.2 Å². The van der Waals surface area contributed by atoms with Gasteiger partial charge in [-0.1, -0.05) is 30.0 Å². The third-order valence-electron chi connectivity index (χ3n) is 3.39. The Morgan fingerprint density at radius 1 is 1.19 bits per heavy atom. The van der Waals surface area contributed by atoms with E-state index in [2.05, 4.69) is 17.2 Å². The lowest BCUT2D eigenvalue weighted by atomic mass is 9.99. The van der Waals surface area contributed by atoms with Crippen LogP contribution >= 0.6 is 0 Å². The van der Waals surface area contributed by atoms with E-state index >= 15 is 0 Å². The standard InChI is InChI=1S/C16H21NO2.C2HF3O2/c1-2-6-16(7-3-1)19-14-13-18-12-4-5-15-8-10-17-11-9-15;3-2(4,5)1(6)7/h1-3,6-7,15,17H,8-14H2;(H,6,7). The number of carboxylic acids is 1. The molecule has 2 N–H and O–H groups in total. The molecule has 1 heterocycles. The van der Waals surface area contributed by atoms with E-state index in [0.29, 0.717) is 25.7 Å². The molecule has 0 aliphatic carbocycles. The van der Waals surface area contributed by atoms with Crippen LogP contribution in [-0.2, 0) is 9.53 Å². The Morgan fingerprint density at radius 2 is 1.81 bits per heavy atom. The molecule has 0 aromatic heterocycles. The number of alkyl halides is 3. The number of carboxylic acid groups (broad SMARTS) is 1. The molecule has 0 unspecified atom stereocenters. The van der Waals surface area contributed by atoms with Crippen LogP contribution < -0.4 is 15.2 Å². The van der Waals surface area contributed by atoms with Gasteiger partial charge in [-0.05, 0) is 12.1 Å². The van der Waals surface area contributed by atoms with Gasteiger partial charge in [0.25, 0.3) is 0 Å². The number of nitrogens with two attached hydrogens (primary N) is 1. The first-order valence-corrected chi connectivity index (χ1v) is 8.23. The second-order valence-corrected chi connectivity index (χ2v) is 5.46. The number of benzene rings is 1. The Hall–Kier alpha value is -2.24. The minimum Gasteiger partial charge on any atom is -0.542 e. The number of hydrogen-bond acceptors (Lipinski definition) is 4. The molecule has 26 heavy (non-hydrogen) atoms. The number of ether oxygens (including phenoxy) is 2. The molecule has 1 aliphatic heterocycles. The van der Waals surface area contributed by atoms with E-state index in [1.165, 1.54) is 25.9 Å². The van der Waals surface area contributed by atoms with Crippen molar-refractivity contribution in [3.8, 4) is 17.6 Å². The molecular formula is C18H22F3NO4. The van der Waals surface area contributed by atoms with Gasteiger partial charge in [0.05, 0.1) is 19.7 Å². The molecule has 0 spiro atoms. The molecule has 0 atom stereocenters. The molecule has 1 fully saturated rings. The summed E-state index contributed by atoms with van der Waals surface area (Å²) < 4.78 is 42.5. The van der Waals surface area contributed by atoms with Crippen LogP contribution in [0, 0.1) is 17.8 Å². The second kappa shape index (κ2) is 12.2. The van der Waals surface area contributed by atoms with Crippen LogP contribution in [0.1, 0.15) is 12.8 Å². The van der Waals surface area contributed by atoms with Gasteiger partial charge < -0.3 is 24.7 Å². The Labute approximate surface area is 150 Å². The summed E-state index contributed by atoms with van der Waals surface area (Å²) in [5.41, 5.74) is 0. The SMILES string of the molecule is C(#CC1CC[NH2+]CC1)COCCOc1ccccc1.O=C([O-])C(F)(F)F.